The lowest BCUT2D eigenvalue weighted by molar-refractivity contribution is -0.111. The maximum Gasteiger partial charge on any atom is 0.195 e. The van der Waals surface area contributed by atoms with Gasteiger partial charge in [-0.3, -0.25) is 4.79 Å². The van der Waals surface area contributed by atoms with E-state index in [-0.39, 0.29) is 11.4 Å². The van der Waals surface area contributed by atoms with E-state index in [9.17, 15) is 4.79 Å². The van der Waals surface area contributed by atoms with E-state index in [4.69, 9.17) is 18.1 Å². The van der Waals surface area contributed by atoms with Crippen LogP contribution in [0.25, 0.3) is 0 Å². The molecule has 60 valence electrons. The molecule has 0 fully saturated rings. The minimum absolute atomic E-state index is 0.00148. The van der Waals surface area contributed by atoms with Gasteiger partial charge < -0.3 is 0 Å². The summed E-state index contributed by atoms with van der Waals surface area (Å²) >= 11 is 0. The van der Waals surface area contributed by atoms with Gasteiger partial charge in [-0.25, -0.2) is 0 Å². The molecule has 0 aromatic rings. The maximum absolute atomic E-state index is 11.0. The Bertz CT molecular complexity index is 418. The SMILES string of the molecule is C#CC1(C#C)C=CC(=O)C(C#N)=C1. The Labute approximate surface area is 76.6 Å². The molecule has 2 nitrogen and oxygen atoms in total. The summed E-state index contributed by atoms with van der Waals surface area (Å²) in [4.78, 5) is 11.0. The number of ketones is 1. The van der Waals surface area contributed by atoms with Crippen molar-refractivity contribution in [3.05, 3.63) is 23.8 Å². The summed E-state index contributed by atoms with van der Waals surface area (Å²) in [6.45, 7) is 0. The first-order valence-electron chi connectivity index (χ1n) is 3.49. The highest BCUT2D eigenvalue weighted by Crippen LogP contribution is 2.25. The van der Waals surface area contributed by atoms with Crippen molar-refractivity contribution in [1.29, 1.82) is 5.26 Å². The van der Waals surface area contributed by atoms with E-state index in [2.05, 4.69) is 11.8 Å². The van der Waals surface area contributed by atoms with Gasteiger partial charge >= 0.3 is 0 Å². The maximum atomic E-state index is 11.0. The molecule has 1 aliphatic rings. The Hall–Kier alpha value is -2.24. The van der Waals surface area contributed by atoms with Crippen LogP contribution in [0.1, 0.15) is 0 Å². The number of rotatable bonds is 0. The van der Waals surface area contributed by atoms with Crippen molar-refractivity contribution in [1.82, 2.24) is 0 Å². The minimum Gasteiger partial charge on any atom is -0.289 e. The van der Waals surface area contributed by atoms with Crippen molar-refractivity contribution >= 4 is 5.78 Å². The van der Waals surface area contributed by atoms with E-state index in [1.54, 1.807) is 6.07 Å². The normalized spacial score (nSPS) is 17.9. The van der Waals surface area contributed by atoms with Gasteiger partial charge in [0, 0.05) is 0 Å². The van der Waals surface area contributed by atoms with Crippen LogP contribution in [0.2, 0.25) is 0 Å². The number of nitrogens with zero attached hydrogens (tertiary/aromatic N) is 1. The van der Waals surface area contributed by atoms with Gasteiger partial charge in [0.05, 0.1) is 5.57 Å². The van der Waals surface area contributed by atoms with Crippen LogP contribution in [-0.4, -0.2) is 5.78 Å². The zero-order valence-electron chi connectivity index (χ0n) is 6.74. The highest BCUT2D eigenvalue weighted by atomic mass is 16.1. The van der Waals surface area contributed by atoms with Crippen molar-refractivity contribution < 1.29 is 4.79 Å². The van der Waals surface area contributed by atoms with Gasteiger partial charge in [-0.05, 0) is 18.2 Å². The average Bonchev–Trinajstić information content (AvgIpc) is 2.19. The van der Waals surface area contributed by atoms with Crippen LogP contribution in [0.5, 0.6) is 0 Å². The van der Waals surface area contributed by atoms with Crippen LogP contribution < -0.4 is 0 Å². The molecule has 1 rings (SSSR count). The van der Waals surface area contributed by atoms with Gasteiger partial charge in [0.1, 0.15) is 11.5 Å². The second-order valence-electron chi connectivity index (χ2n) is 2.53. The number of nitriles is 1. The van der Waals surface area contributed by atoms with Crippen molar-refractivity contribution in [3.63, 3.8) is 0 Å². The second-order valence-corrected chi connectivity index (χ2v) is 2.53. The van der Waals surface area contributed by atoms with E-state index in [1.165, 1.54) is 18.2 Å². The average molecular weight is 167 g/mol. The van der Waals surface area contributed by atoms with E-state index >= 15 is 0 Å². The van der Waals surface area contributed by atoms with Crippen LogP contribution in [-0.2, 0) is 4.79 Å². The minimum atomic E-state index is -1.01. The third-order valence-corrected chi connectivity index (χ3v) is 1.73. The van der Waals surface area contributed by atoms with Gasteiger partial charge in [0.25, 0.3) is 0 Å². The van der Waals surface area contributed by atoms with Crippen LogP contribution in [0.3, 0.4) is 0 Å². The Balaban J connectivity index is 3.27. The molecule has 0 radical (unpaired) electrons. The first-order chi connectivity index (χ1) is 6.17. The fourth-order valence-corrected chi connectivity index (χ4v) is 0.952. The Morgan fingerprint density at radius 1 is 1.38 bits per heavy atom. The number of allylic oxidation sites excluding steroid dienone is 4. The molecule has 1 aliphatic carbocycles. The van der Waals surface area contributed by atoms with Gasteiger partial charge in [-0.15, -0.1) is 12.8 Å². The Morgan fingerprint density at radius 3 is 2.46 bits per heavy atom. The molecule has 0 spiro atoms. The molecule has 0 bridgehead atoms. The Morgan fingerprint density at radius 2 is 2.00 bits per heavy atom. The summed E-state index contributed by atoms with van der Waals surface area (Å²) in [5, 5.41) is 8.57. The van der Waals surface area contributed by atoms with Crippen LogP contribution in [0.15, 0.2) is 23.8 Å². The van der Waals surface area contributed by atoms with Gasteiger partial charge in [-0.2, -0.15) is 5.26 Å². The molecule has 0 atom stereocenters. The summed E-state index contributed by atoms with van der Waals surface area (Å²) in [5.41, 5.74) is -1.02. The van der Waals surface area contributed by atoms with Gasteiger partial charge in [0.15, 0.2) is 5.78 Å². The highest BCUT2D eigenvalue weighted by molar-refractivity contribution is 6.08. The lowest BCUT2D eigenvalue weighted by Gasteiger charge is -2.16. The van der Waals surface area contributed by atoms with Gasteiger partial charge in [0.2, 0.25) is 0 Å². The monoisotopic (exact) mass is 167 g/mol. The topological polar surface area (TPSA) is 40.9 Å². The summed E-state index contributed by atoms with van der Waals surface area (Å²) in [6, 6.07) is 1.75. The smallest absolute Gasteiger partial charge is 0.195 e. The molecular formula is C11H5NO. The van der Waals surface area contributed by atoms with E-state index in [1.807, 2.05) is 0 Å². The fourth-order valence-electron chi connectivity index (χ4n) is 0.952. The number of hydrogen-bond acceptors (Lipinski definition) is 2. The largest absolute Gasteiger partial charge is 0.289 e. The lowest BCUT2D eigenvalue weighted by Crippen LogP contribution is -2.16. The van der Waals surface area contributed by atoms with Crippen LogP contribution in [0.4, 0.5) is 0 Å². The Kier molecular flexibility index (Phi) is 2.05. The van der Waals surface area contributed by atoms with E-state index in [0.717, 1.165) is 0 Å². The van der Waals surface area contributed by atoms with Crippen molar-refractivity contribution in [2.24, 2.45) is 5.41 Å². The number of carbonyl (C=O) groups excluding carboxylic acids is 1. The fraction of sp³-hybridized carbons (Fsp3) is 0.0909. The van der Waals surface area contributed by atoms with Crippen molar-refractivity contribution in [2.75, 3.05) is 0 Å². The summed E-state index contributed by atoms with van der Waals surface area (Å²) in [6.07, 6.45) is 14.4. The lowest BCUT2D eigenvalue weighted by atomic mass is 9.83. The van der Waals surface area contributed by atoms with E-state index in [0.29, 0.717) is 0 Å². The summed E-state index contributed by atoms with van der Waals surface area (Å²) in [7, 11) is 0. The molecule has 0 saturated heterocycles. The predicted molar refractivity (Wildman–Crippen MR) is 47.9 cm³/mol. The molecule has 0 aromatic heterocycles. The molecule has 2 heteroatoms. The van der Waals surface area contributed by atoms with E-state index < -0.39 is 5.41 Å². The molecule has 0 heterocycles. The highest BCUT2D eigenvalue weighted by Gasteiger charge is 2.25. The molecular weight excluding hydrogens is 162 g/mol. The number of carbonyl (C=O) groups is 1. The quantitative estimate of drug-likeness (QED) is 0.501. The zero-order valence-corrected chi connectivity index (χ0v) is 6.74. The molecule has 0 saturated carbocycles. The van der Waals surface area contributed by atoms with Gasteiger partial charge in [-0.1, -0.05) is 11.8 Å². The molecule has 0 amide bonds. The molecule has 13 heavy (non-hydrogen) atoms. The third kappa shape index (κ3) is 1.36. The number of hydrogen-bond donors (Lipinski definition) is 0. The second kappa shape index (κ2) is 3.02. The number of terminal acetylenes is 2. The molecule has 0 aromatic carbocycles. The summed E-state index contributed by atoms with van der Waals surface area (Å²) < 4.78 is 0. The third-order valence-electron chi connectivity index (χ3n) is 1.73. The van der Waals surface area contributed by atoms with Crippen molar-refractivity contribution in [3.8, 4) is 30.8 Å². The zero-order chi connectivity index (χ0) is 9.90. The molecule has 0 N–H and O–H groups in total. The van der Waals surface area contributed by atoms with Crippen LogP contribution in [0, 0.1) is 41.4 Å². The van der Waals surface area contributed by atoms with Crippen LogP contribution >= 0.6 is 0 Å². The standard InChI is InChI=1S/C11H5NO/c1-3-11(4-2)6-5-10(13)9(7-11)8-12/h1-2,5-7H. The van der Waals surface area contributed by atoms with Crippen molar-refractivity contribution in [2.45, 2.75) is 0 Å². The summed E-state index contributed by atoms with van der Waals surface area (Å²) in [5.74, 6) is 4.34. The first-order valence-corrected chi connectivity index (χ1v) is 3.49. The first kappa shape index (κ1) is 8.85. The molecule has 0 unspecified atom stereocenters. The predicted octanol–water partition coefficient (Wildman–Crippen LogP) is 0.828. The molecule has 0 aliphatic heterocycles.